The molecule has 0 aliphatic rings. The van der Waals surface area contributed by atoms with E-state index in [1.54, 1.807) is 12.1 Å². The average Bonchev–Trinajstić information content (AvgIpc) is 2.32. The van der Waals surface area contributed by atoms with E-state index in [9.17, 15) is 4.39 Å². The number of aryl methyl sites for hydroxylation is 2. The van der Waals surface area contributed by atoms with E-state index in [0.717, 1.165) is 16.7 Å². The van der Waals surface area contributed by atoms with Crippen molar-refractivity contribution < 1.29 is 4.39 Å². The molecule has 0 spiro atoms. The highest BCUT2D eigenvalue weighted by atomic mass is 35.5. The highest BCUT2D eigenvalue weighted by Crippen LogP contribution is 2.34. The maximum atomic E-state index is 13.9. The second-order valence-corrected chi connectivity index (χ2v) is 5.21. The predicted octanol–water partition coefficient (Wildman–Crippen LogP) is 5.42. The van der Waals surface area contributed by atoms with Crippen LogP contribution in [0.1, 0.15) is 27.6 Å². The highest BCUT2D eigenvalue weighted by molar-refractivity contribution is 6.31. The van der Waals surface area contributed by atoms with Crippen molar-refractivity contribution >= 4 is 23.2 Å². The van der Waals surface area contributed by atoms with Crippen molar-refractivity contribution in [3.8, 4) is 0 Å². The number of rotatable bonds is 2. The van der Waals surface area contributed by atoms with Gasteiger partial charge in [-0.25, -0.2) is 4.39 Å². The third-order valence-electron chi connectivity index (χ3n) is 2.95. The Bertz CT molecular complexity index is 579. The summed E-state index contributed by atoms with van der Waals surface area (Å²) in [6.45, 7) is 3.99. The van der Waals surface area contributed by atoms with E-state index in [1.165, 1.54) is 6.07 Å². The van der Waals surface area contributed by atoms with Crippen molar-refractivity contribution in [2.24, 2.45) is 0 Å². The van der Waals surface area contributed by atoms with Crippen LogP contribution in [0.25, 0.3) is 0 Å². The van der Waals surface area contributed by atoms with Gasteiger partial charge in [-0.1, -0.05) is 47.5 Å². The smallest absolute Gasteiger partial charge is 0.146 e. The first-order valence-corrected chi connectivity index (χ1v) is 6.47. The van der Waals surface area contributed by atoms with E-state index in [1.807, 2.05) is 32.0 Å². The minimum atomic E-state index is -0.524. The molecule has 2 aromatic carbocycles. The lowest BCUT2D eigenvalue weighted by atomic mass is 9.98. The zero-order valence-electron chi connectivity index (χ0n) is 10.2. The first-order valence-electron chi connectivity index (χ1n) is 5.66. The molecule has 94 valence electrons. The molecule has 0 heterocycles. The summed E-state index contributed by atoms with van der Waals surface area (Å²) in [7, 11) is 0. The fraction of sp³-hybridized carbons (Fsp3) is 0.200. The van der Waals surface area contributed by atoms with Crippen molar-refractivity contribution in [3.05, 3.63) is 69.5 Å². The molecule has 0 amide bonds. The molecule has 3 heteroatoms. The Morgan fingerprint density at radius 3 is 2.44 bits per heavy atom. The van der Waals surface area contributed by atoms with Gasteiger partial charge >= 0.3 is 0 Å². The van der Waals surface area contributed by atoms with Gasteiger partial charge in [0, 0.05) is 5.56 Å². The third kappa shape index (κ3) is 2.52. The Balaban J connectivity index is 2.48. The Hall–Kier alpha value is -1.05. The lowest BCUT2D eigenvalue weighted by Gasteiger charge is -2.15. The van der Waals surface area contributed by atoms with Crippen LogP contribution in [0.3, 0.4) is 0 Å². The van der Waals surface area contributed by atoms with Crippen LogP contribution in [-0.2, 0) is 0 Å². The molecule has 1 unspecified atom stereocenters. The van der Waals surface area contributed by atoms with E-state index in [2.05, 4.69) is 0 Å². The Morgan fingerprint density at radius 2 is 1.78 bits per heavy atom. The molecule has 2 rings (SSSR count). The van der Waals surface area contributed by atoms with Gasteiger partial charge in [0.05, 0.1) is 10.4 Å². The summed E-state index contributed by atoms with van der Waals surface area (Å²) in [6, 6.07) is 10.8. The second kappa shape index (κ2) is 5.29. The molecular formula is C15H13Cl2F. The average molecular weight is 283 g/mol. The van der Waals surface area contributed by atoms with Gasteiger partial charge in [-0.3, -0.25) is 0 Å². The molecule has 18 heavy (non-hydrogen) atoms. The molecule has 0 radical (unpaired) electrons. The normalized spacial score (nSPS) is 12.5. The largest absolute Gasteiger partial charge is 0.205 e. The quantitative estimate of drug-likeness (QED) is 0.645. The Morgan fingerprint density at radius 1 is 1.06 bits per heavy atom. The first-order chi connectivity index (χ1) is 8.50. The van der Waals surface area contributed by atoms with Crippen molar-refractivity contribution in [2.45, 2.75) is 19.2 Å². The van der Waals surface area contributed by atoms with Crippen molar-refractivity contribution in [2.75, 3.05) is 0 Å². The van der Waals surface area contributed by atoms with Gasteiger partial charge in [-0.15, -0.1) is 11.6 Å². The van der Waals surface area contributed by atoms with E-state index in [-0.39, 0.29) is 5.02 Å². The summed E-state index contributed by atoms with van der Waals surface area (Å²) in [5, 5.41) is -0.424. The van der Waals surface area contributed by atoms with Crippen LogP contribution in [0.15, 0.2) is 36.4 Å². The fourth-order valence-electron chi connectivity index (χ4n) is 1.99. The van der Waals surface area contributed by atoms with E-state index in [4.69, 9.17) is 23.2 Å². The molecule has 0 fully saturated rings. The molecular weight excluding hydrogens is 270 g/mol. The van der Waals surface area contributed by atoms with Crippen LogP contribution in [0, 0.1) is 19.7 Å². The predicted molar refractivity (Wildman–Crippen MR) is 75.0 cm³/mol. The maximum Gasteiger partial charge on any atom is 0.146 e. The standard InChI is InChI=1S/C15H13Cl2F/c1-9-6-7-11(10(2)8-9)14(17)12-4-3-5-13(16)15(12)18/h3-8,14H,1-2H3. The van der Waals surface area contributed by atoms with Gasteiger partial charge in [0.25, 0.3) is 0 Å². The fourth-order valence-corrected chi connectivity index (χ4v) is 2.59. The van der Waals surface area contributed by atoms with Crippen molar-refractivity contribution in [1.29, 1.82) is 0 Å². The van der Waals surface area contributed by atoms with Gasteiger partial charge < -0.3 is 0 Å². The van der Waals surface area contributed by atoms with Crippen LogP contribution < -0.4 is 0 Å². The van der Waals surface area contributed by atoms with E-state index < -0.39 is 11.2 Å². The number of hydrogen-bond acceptors (Lipinski definition) is 0. The van der Waals surface area contributed by atoms with Crippen LogP contribution in [-0.4, -0.2) is 0 Å². The van der Waals surface area contributed by atoms with E-state index in [0.29, 0.717) is 5.56 Å². The first kappa shape index (κ1) is 13.4. The lowest BCUT2D eigenvalue weighted by molar-refractivity contribution is 0.612. The highest BCUT2D eigenvalue weighted by Gasteiger charge is 2.18. The number of hydrogen-bond donors (Lipinski definition) is 0. The maximum absolute atomic E-state index is 13.9. The molecule has 0 aliphatic carbocycles. The zero-order valence-corrected chi connectivity index (χ0v) is 11.7. The summed E-state index contributed by atoms with van der Waals surface area (Å²) in [4.78, 5) is 0. The second-order valence-electron chi connectivity index (χ2n) is 4.37. The van der Waals surface area contributed by atoms with Gasteiger partial charge in [-0.2, -0.15) is 0 Å². The Kier molecular flexibility index (Phi) is 3.94. The molecule has 0 saturated carbocycles. The van der Waals surface area contributed by atoms with Gasteiger partial charge in [0.2, 0.25) is 0 Å². The van der Waals surface area contributed by atoms with Gasteiger partial charge in [0.15, 0.2) is 0 Å². The van der Waals surface area contributed by atoms with Gasteiger partial charge in [0.1, 0.15) is 5.82 Å². The molecule has 0 saturated heterocycles. The summed E-state index contributed by atoms with van der Waals surface area (Å²) < 4.78 is 13.9. The number of benzene rings is 2. The molecule has 0 N–H and O–H groups in total. The third-order valence-corrected chi connectivity index (χ3v) is 3.71. The van der Waals surface area contributed by atoms with Gasteiger partial charge in [-0.05, 0) is 31.0 Å². The summed E-state index contributed by atoms with van der Waals surface area (Å²) in [6.07, 6.45) is 0. The lowest BCUT2D eigenvalue weighted by Crippen LogP contribution is -2.00. The molecule has 2 aromatic rings. The SMILES string of the molecule is Cc1ccc(C(Cl)c2cccc(Cl)c2F)c(C)c1. The number of alkyl halides is 1. The van der Waals surface area contributed by atoms with Crippen molar-refractivity contribution in [1.82, 2.24) is 0 Å². The summed E-state index contributed by atoms with van der Waals surface area (Å²) in [5.41, 5.74) is 3.53. The topological polar surface area (TPSA) is 0 Å². The molecule has 0 aliphatic heterocycles. The molecule has 0 aromatic heterocycles. The minimum Gasteiger partial charge on any atom is -0.205 e. The van der Waals surface area contributed by atoms with E-state index >= 15 is 0 Å². The summed E-state index contributed by atoms with van der Waals surface area (Å²) >= 11 is 12.1. The van der Waals surface area contributed by atoms with Crippen LogP contribution >= 0.6 is 23.2 Å². The summed E-state index contributed by atoms with van der Waals surface area (Å²) in [5.74, 6) is -0.445. The van der Waals surface area contributed by atoms with Crippen LogP contribution in [0.5, 0.6) is 0 Å². The zero-order chi connectivity index (χ0) is 13.3. The number of halogens is 3. The van der Waals surface area contributed by atoms with Crippen molar-refractivity contribution in [3.63, 3.8) is 0 Å². The van der Waals surface area contributed by atoms with Crippen LogP contribution in [0.4, 0.5) is 4.39 Å². The minimum absolute atomic E-state index is 0.0999. The Labute approximate surface area is 116 Å². The molecule has 0 bridgehead atoms. The monoisotopic (exact) mass is 282 g/mol. The molecule has 0 nitrogen and oxygen atoms in total. The molecule has 1 atom stereocenters. The van der Waals surface area contributed by atoms with Crippen LogP contribution in [0.2, 0.25) is 5.02 Å².